The average Bonchev–Trinajstić information content (AvgIpc) is 2.60. The summed E-state index contributed by atoms with van der Waals surface area (Å²) in [5.74, 6) is 0.246. The number of fused-ring (bicyclic) bond motifs is 1. The highest BCUT2D eigenvalue weighted by Gasteiger charge is 2.39. The highest BCUT2D eigenvalue weighted by atomic mass is 16.7. The number of hydrogen-bond acceptors (Lipinski definition) is 4. The van der Waals surface area contributed by atoms with Crippen LogP contribution in [0.1, 0.15) is 25.7 Å². The molecule has 0 aromatic heterocycles. The van der Waals surface area contributed by atoms with Crippen LogP contribution in [0.4, 0.5) is 0 Å². The van der Waals surface area contributed by atoms with Crippen LogP contribution in [-0.4, -0.2) is 34.7 Å². The highest BCUT2D eigenvalue weighted by molar-refractivity contribution is 5.88. The van der Waals surface area contributed by atoms with E-state index in [1.807, 2.05) is 0 Å². The molecule has 0 unspecified atom stereocenters. The molecule has 0 aromatic carbocycles. The summed E-state index contributed by atoms with van der Waals surface area (Å²) in [6, 6.07) is 0. The van der Waals surface area contributed by atoms with E-state index >= 15 is 0 Å². The number of hydrogen-bond donors (Lipinski definition) is 2. The van der Waals surface area contributed by atoms with Gasteiger partial charge in [0, 0.05) is 5.92 Å². The Kier molecular flexibility index (Phi) is 2.51. The van der Waals surface area contributed by atoms with Gasteiger partial charge in [-0.25, -0.2) is 0 Å². The molecule has 74 valence electrons. The summed E-state index contributed by atoms with van der Waals surface area (Å²) in [5.41, 5.74) is 1.07. The van der Waals surface area contributed by atoms with Gasteiger partial charge >= 0.3 is 0 Å². The first kappa shape index (κ1) is 8.97. The van der Waals surface area contributed by atoms with Crippen LogP contribution in [0.2, 0.25) is 0 Å². The van der Waals surface area contributed by atoms with E-state index in [0.717, 1.165) is 18.6 Å². The monoisotopic (exact) mass is 185 g/mol. The first-order valence-corrected chi connectivity index (χ1v) is 4.84. The smallest absolute Gasteiger partial charge is 0.163 e. The van der Waals surface area contributed by atoms with Crippen molar-refractivity contribution in [1.82, 2.24) is 0 Å². The SMILES string of the molecule is OC[C@@H](O)[C@H]1ON=C2CCCC[C@H]21. The van der Waals surface area contributed by atoms with Crippen molar-refractivity contribution < 1.29 is 15.1 Å². The number of aliphatic hydroxyl groups excluding tert-OH is 2. The minimum atomic E-state index is -0.788. The minimum Gasteiger partial charge on any atom is -0.394 e. The largest absolute Gasteiger partial charge is 0.394 e. The lowest BCUT2D eigenvalue weighted by molar-refractivity contribution is -0.0584. The summed E-state index contributed by atoms with van der Waals surface area (Å²) >= 11 is 0. The maximum Gasteiger partial charge on any atom is 0.163 e. The molecule has 0 aromatic rings. The van der Waals surface area contributed by atoms with E-state index in [2.05, 4.69) is 5.16 Å². The van der Waals surface area contributed by atoms with Crippen LogP contribution < -0.4 is 0 Å². The fourth-order valence-electron chi connectivity index (χ4n) is 2.13. The van der Waals surface area contributed by atoms with Gasteiger partial charge in [0.25, 0.3) is 0 Å². The van der Waals surface area contributed by atoms with Crippen LogP contribution in [0.3, 0.4) is 0 Å². The third-order valence-electron chi connectivity index (χ3n) is 2.88. The lowest BCUT2D eigenvalue weighted by Gasteiger charge is -2.24. The Balaban J connectivity index is 2.02. The van der Waals surface area contributed by atoms with Crippen molar-refractivity contribution in [1.29, 1.82) is 0 Å². The van der Waals surface area contributed by atoms with Crippen molar-refractivity contribution in [3.8, 4) is 0 Å². The van der Waals surface area contributed by atoms with E-state index in [4.69, 9.17) is 9.94 Å². The van der Waals surface area contributed by atoms with Gasteiger partial charge in [-0.2, -0.15) is 0 Å². The van der Waals surface area contributed by atoms with Crippen molar-refractivity contribution in [3.63, 3.8) is 0 Å². The van der Waals surface area contributed by atoms with Crippen LogP contribution in [0.15, 0.2) is 5.16 Å². The molecule has 2 N–H and O–H groups in total. The molecule has 0 spiro atoms. The highest BCUT2D eigenvalue weighted by Crippen LogP contribution is 2.32. The molecule has 1 heterocycles. The first-order valence-electron chi connectivity index (χ1n) is 4.84. The van der Waals surface area contributed by atoms with Crippen LogP contribution in [-0.2, 0) is 4.84 Å². The Morgan fingerprint density at radius 3 is 3.15 bits per heavy atom. The van der Waals surface area contributed by atoms with Gasteiger partial charge in [-0.1, -0.05) is 11.6 Å². The van der Waals surface area contributed by atoms with Crippen LogP contribution in [0.25, 0.3) is 0 Å². The summed E-state index contributed by atoms with van der Waals surface area (Å²) in [4.78, 5) is 5.13. The second-order valence-corrected chi connectivity index (χ2v) is 3.75. The third-order valence-corrected chi connectivity index (χ3v) is 2.88. The van der Waals surface area contributed by atoms with Crippen LogP contribution in [0, 0.1) is 5.92 Å². The van der Waals surface area contributed by atoms with Crippen molar-refractivity contribution >= 4 is 5.71 Å². The summed E-state index contributed by atoms with van der Waals surface area (Å²) in [6.45, 7) is -0.246. The van der Waals surface area contributed by atoms with Gasteiger partial charge < -0.3 is 15.1 Å². The average molecular weight is 185 g/mol. The molecule has 2 rings (SSSR count). The Morgan fingerprint density at radius 2 is 2.38 bits per heavy atom. The molecule has 1 aliphatic heterocycles. The van der Waals surface area contributed by atoms with Gasteiger partial charge in [-0.15, -0.1) is 0 Å². The van der Waals surface area contributed by atoms with Gasteiger partial charge in [0.05, 0.1) is 12.3 Å². The maximum atomic E-state index is 9.45. The second-order valence-electron chi connectivity index (χ2n) is 3.75. The van der Waals surface area contributed by atoms with Gasteiger partial charge in [-0.3, -0.25) is 0 Å². The Hall–Kier alpha value is -0.610. The molecule has 0 radical (unpaired) electrons. The standard InChI is InChI=1S/C9H15NO3/c11-5-8(12)9-6-3-1-2-4-7(6)10-13-9/h6,8-9,11-12H,1-5H2/t6-,8-,9+/m1/s1. The molecule has 4 heteroatoms. The molecular weight excluding hydrogens is 170 g/mol. The van der Waals surface area contributed by atoms with E-state index in [0.29, 0.717) is 0 Å². The van der Waals surface area contributed by atoms with E-state index in [1.54, 1.807) is 0 Å². The molecule has 1 fully saturated rings. The summed E-state index contributed by atoms with van der Waals surface area (Å²) < 4.78 is 0. The zero-order chi connectivity index (χ0) is 9.26. The zero-order valence-electron chi connectivity index (χ0n) is 7.52. The van der Waals surface area contributed by atoms with Crippen molar-refractivity contribution in [2.24, 2.45) is 11.1 Å². The van der Waals surface area contributed by atoms with Crippen molar-refractivity contribution in [2.45, 2.75) is 37.9 Å². The molecule has 1 aliphatic carbocycles. The van der Waals surface area contributed by atoms with Gasteiger partial charge in [-0.05, 0) is 19.3 Å². The van der Waals surface area contributed by atoms with E-state index < -0.39 is 6.10 Å². The quantitative estimate of drug-likeness (QED) is 0.649. The molecule has 3 atom stereocenters. The van der Waals surface area contributed by atoms with Gasteiger partial charge in [0.1, 0.15) is 6.10 Å². The topological polar surface area (TPSA) is 62.0 Å². The fraction of sp³-hybridized carbons (Fsp3) is 0.889. The van der Waals surface area contributed by atoms with Gasteiger partial charge in [0.2, 0.25) is 0 Å². The number of nitrogens with zero attached hydrogens (tertiary/aromatic N) is 1. The first-order chi connectivity index (χ1) is 6.33. The molecule has 2 aliphatic rings. The van der Waals surface area contributed by atoms with Crippen molar-refractivity contribution in [3.05, 3.63) is 0 Å². The lowest BCUT2D eigenvalue weighted by Crippen LogP contribution is -2.38. The third kappa shape index (κ3) is 1.56. The van der Waals surface area contributed by atoms with Gasteiger partial charge in [0.15, 0.2) is 6.10 Å². The number of aliphatic hydroxyl groups is 2. The summed E-state index contributed by atoms with van der Waals surface area (Å²) in [5, 5.41) is 22.2. The maximum absolute atomic E-state index is 9.45. The summed E-state index contributed by atoms with van der Waals surface area (Å²) in [7, 11) is 0. The molecule has 0 amide bonds. The Bertz CT molecular complexity index is 217. The molecule has 13 heavy (non-hydrogen) atoms. The number of oxime groups is 1. The van der Waals surface area contributed by atoms with Crippen molar-refractivity contribution in [2.75, 3.05) is 6.61 Å². The fourth-order valence-corrected chi connectivity index (χ4v) is 2.13. The number of rotatable bonds is 2. The normalized spacial score (nSPS) is 34.8. The molecule has 0 saturated heterocycles. The molecular formula is C9H15NO3. The minimum absolute atomic E-state index is 0.246. The predicted octanol–water partition coefficient (Wildman–Crippen LogP) is 0.285. The molecule has 4 nitrogen and oxygen atoms in total. The second kappa shape index (κ2) is 3.64. The molecule has 1 saturated carbocycles. The van der Waals surface area contributed by atoms with E-state index in [9.17, 15) is 5.11 Å². The van der Waals surface area contributed by atoms with Crippen LogP contribution >= 0.6 is 0 Å². The van der Waals surface area contributed by atoms with E-state index in [1.165, 1.54) is 12.8 Å². The molecule has 0 bridgehead atoms. The predicted molar refractivity (Wildman–Crippen MR) is 47.4 cm³/mol. The van der Waals surface area contributed by atoms with E-state index in [-0.39, 0.29) is 18.6 Å². The Labute approximate surface area is 77.2 Å². The zero-order valence-corrected chi connectivity index (χ0v) is 7.52. The summed E-state index contributed by atoms with van der Waals surface area (Å²) in [6.07, 6.45) is 3.26. The lowest BCUT2D eigenvalue weighted by atomic mass is 9.82. The van der Waals surface area contributed by atoms with Crippen LogP contribution in [0.5, 0.6) is 0 Å². The Morgan fingerprint density at radius 1 is 1.54 bits per heavy atom.